The van der Waals surface area contributed by atoms with E-state index in [-0.39, 0.29) is 28.3 Å². The van der Waals surface area contributed by atoms with E-state index in [4.69, 9.17) is 4.98 Å². The minimum absolute atomic E-state index is 0.0113. The minimum Gasteiger partial charge on any atom is -0.338 e. The molecule has 2 aromatic heterocycles. The number of hydrogen-bond acceptors (Lipinski definition) is 5. The van der Waals surface area contributed by atoms with Crippen LogP contribution in [-0.2, 0) is 12.0 Å². The van der Waals surface area contributed by atoms with E-state index in [0.717, 1.165) is 24.0 Å². The first-order chi connectivity index (χ1) is 17.2. The van der Waals surface area contributed by atoms with Crippen molar-refractivity contribution < 1.29 is 4.79 Å². The molecule has 1 saturated heterocycles. The molecule has 186 valence electrons. The molecule has 0 spiro atoms. The molecule has 4 aromatic rings. The van der Waals surface area contributed by atoms with Gasteiger partial charge >= 0.3 is 0 Å². The number of aromatic nitrogens is 5. The van der Waals surface area contributed by atoms with Crippen LogP contribution in [0, 0.1) is 6.92 Å². The van der Waals surface area contributed by atoms with Crippen molar-refractivity contribution in [2.45, 2.75) is 58.4 Å². The molecular weight excluding hydrogens is 452 g/mol. The van der Waals surface area contributed by atoms with Gasteiger partial charge in [0.15, 0.2) is 11.2 Å². The summed E-state index contributed by atoms with van der Waals surface area (Å²) in [6.45, 7) is 10.2. The molecule has 0 bridgehead atoms. The Bertz CT molecular complexity index is 1460. The van der Waals surface area contributed by atoms with E-state index in [1.807, 2.05) is 36.1 Å². The number of aromatic amines is 1. The van der Waals surface area contributed by atoms with Gasteiger partial charge in [-0.3, -0.25) is 9.59 Å². The Morgan fingerprint density at radius 3 is 2.64 bits per heavy atom. The number of likely N-dealkylation sites (tertiary alicyclic amines) is 1. The Labute approximate surface area is 210 Å². The average Bonchev–Trinajstić information content (AvgIpc) is 3.26. The number of hydrogen-bond donors (Lipinski definition) is 1. The van der Waals surface area contributed by atoms with Gasteiger partial charge in [-0.1, -0.05) is 67.9 Å². The van der Waals surface area contributed by atoms with Crippen molar-refractivity contribution in [1.29, 1.82) is 0 Å². The van der Waals surface area contributed by atoms with Gasteiger partial charge in [-0.05, 0) is 48.4 Å². The molecule has 1 aliphatic heterocycles. The number of aryl methyl sites for hydroxylation is 1. The van der Waals surface area contributed by atoms with Crippen molar-refractivity contribution in [3.63, 3.8) is 0 Å². The molecule has 8 heteroatoms. The average molecular weight is 485 g/mol. The quantitative estimate of drug-likeness (QED) is 0.469. The van der Waals surface area contributed by atoms with Crippen LogP contribution in [0.2, 0.25) is 0 Å². The van der Waals surface area contributed by atoms with Gasteiger partial charge in [0.1, 0.15) is 5.82 Å². The highest BCUT2D eigenvalue weighted by Gasteiger charge is 2.28. The van der Waals surface area contributed by atoms with Gasteiger partial charge in [0.05, 0.1) is 6.54 Å². The molecule has 1 fully saturated rings. The van der Waals surface area contributed by atoms with Gasteiger partial charge in [0.2, 0.25) is 0 Å². The Morgan fingerprint density at radius 2 is 1.92 bits per heavy atom. The highest BCUT2D eigenvalue weighted by molar-refractivity contribution is 5.94. The Morgan fingerprint density at radius 1 is 1.14 bits per heavy atom. The Balaban J connectivity index is 1.40. The summed E-state index contributed by atoms with van der Waals surface area (Å²) in [7, 11) is 0. The van der Waals surface area contributed by atoms with Gasteiger partial charge in [-0.25, -0.2) is 9.67 Å². The summed E-state index contributed by atoms with van der Waals surface area (Å²) in [5.74, 6) is 0.539. The van der Waals surface area contributed by atoms with Crippen molar-refractivity contribution in [3.8, 4) is 0 Å². The lowest BCUT2D eigenvalue weighted by molar-refractivity contribution is 0.0704. The van der Waals surface area contributed by atoms with Gasteiger partial charge < -0.3 is 9.88 Å². The monoisotopic (exact) mass is 484 g/mol. The molecule has 0 radical (unpaired) electrons. The third-order valence-corrected chi connectivity index (χ3v) is 6.90. The smallest absolute Gasteiger partial charge is 0.281 e. The van der Waals surface area contributed by atoms with E-state index in [2.05, 4.69) is 60.3 Å². The maximum atomic E-state index is 13.1. The zero-order valence-corrected chi connectivity index (χ0v) is 21.3. The number of carbonyl (C=O) groups is 1. The summed E-state index contributed by atoms with van der Waals surface area (Å²) >= 11 is 0. The number of benzene rings is 2. The number of nitrogens with one attached hydrogen (secondary N) is 1. The van der Waals surface area contributed by atoms with Gasteiger partial charge in [0.25, 0.3) is 11.5 Å². The van der Waals surface area contributed by atoms with Crippen molar-refractivity contribution in [1.82, 2.24) is 29.9 Å². The van der Waals surface area contributed by atoms with Crippen LogP contribution in [0.25, 0.3) is 11.2 Å². The SMILES string of the molecule is Cc1cccc(C(=O)N2CCCC(c3nc4c(nnn4Cc4ccc(C(C)(C)C)cc4)c(=O)[nH]3)C2)c1. The second kappa shape index (κ2) is 9.33. The van der Waals surface area contributed by atoms with Crippen molar-refractivity contribution in [3.05, 3.63) is 87.0 Å². The molecule has 2 aromatic carbocycles. The second-order valence-corrected chi connectivity index (χ2v) is 10.8. The lowest BCUT2D eigenvalue weighted by Crippen LogP contribution is -2.40. The normalized spacial score (nSPS) is 16.4. The van der Waals surface area contributed by atoms with E-state index in [1.165, 1.54) is 5.56 Å². The zero-order valence-electron chi connectivity index (χ0n) is 21.3. The minimum atomic E-state index is -0.300. The van der Waals surface area contributed by atoms with Crippen LogP contribution in [-0.4, -0.2) is 48.9 Å². The predicted octanol–water partition coefficient (Wildman–Crippen LogP) is 4.19. The van der Waals surface area contributed by atoms with E-state index in [0.29, 0.717) is 36.7 Å². The van der Waals surface area contributed by atoms with E-state index < -0.39 is 0 Å². The van der Waals surface area contributed by atoms with Crippen LogP contribution >= 0.6 is 0 Å². The van der Waals surface area contributed by atoms with Crippen LogP contribution in [0.3, 0.4) is 0 Å². The fourth-order valence-corrected chi connectivity index (χ4v) is 4.81. The molecule has 1 amide bonds. The zero-order chi connectivity index (χ0) is 25.4. The number of rotatable bonds is 4. The number of carbonyl (C=O) groups excluding carboxylic acids is 1. The van der Waals surface area contributed by atoms with Crippen LogP contribution in [0.15, 0.2) is 53.3 Å². The molecule has 8 nitrogen and oxygen atoms in total. The standard InChI is InChI=1S/C28H32N6O2/c1-18-7-5-8-20(15-18)27(36)33-14-6-9-21(17-33)24-29-25-23(26(35)30-24)31-32-34(25)16-19-10-12-22(13-11-19)28(2,3)4/h5,7-8,10-13,15,21H,6,9,14,16-17H2,1-4H3,(H,29,30,35). The molecule has 5 rings (SSSR count). The Kier molecular flexibility index (Phi) is 6.20. The lowest BCUT2D eigenvalue weighted by Gasteiger charge is -2.32. The van der Waals surface area contributed by atoms with Crippen molar-refractivity contribution in [2.75, 3.05) is 13.1 Å². The fraction of sp³-hybridized carbons (Fsp3) is 0.393. The largest absolute Gasteiger partial charge is 0.338 e. The lowest BCUT2D eigenvalue weighted by atomic mass is 9.87. The van der Waals surface area contributed by atoms with Crippen molar-refractivity contribution >= 4 is 17.1 Å². The highest BCUT2D eigenvalue weighted by Crippen LogP contribution is 2.26. The molecule has 36 heavy (non-hydrogen) atoms. The molecule has 0 saturated carbocycles. The molecule has 1 N–H and O–H groups in total. The summed E-state index contributed by atoms with van der Waals surface area (Å²) in [5.41, 5.74) is 4.54. The first kappa shape index (κ1) is 23.9. The van der Waals surface area contributed by atoms with Crippen LogP contribution < -0.4 is 5.56 Å². The summed E-state index contributed by atoms with van der Waals surface area (Å²) in [5, 5.41) is 8.31. The maximum Gasteiger partial charge on any atom is 0.281 e. The molecule has 0 aliphatic carbocycles. The first-order valence-electron chi connectivity index (χ1n) is 12.5. The van der Waals surface area contributed by atoms with E-state index in [9.17, 15) is 9.59 Å². The summed E-state index contributed by atoms with van der Waals surface area (Å²) in [4.78, 5) is 35.5. The van der Waals surface area contributed by atoms with Crippen molar-refractivity contribution in [2.24, 2.45) is 0 Å². The number of nitrogens with zero attached hydrogens (tertiary/aromatic N) is 5. The summed E-state index contributed by atoms with van der Waals surface area (Å²) in [6.07, 6.45) is 1.70. The molecular formula is C28H32N6O2. The fourth-order valence-electron chi connectivity index (χ4n) is 4.81. The molecule has 1 atom stereocenters. The highest BCUT2D eigenvalue weighted by atomic mass is 16.2. The molecule has 1 unspecified atom stereocenters. The van der Waals surface area contributed by atoms with Crippen LogP contribution in [0.5, 0.6) is 0 Å². The molecule has 3 heterocycles. The van der Waals surface area contributed by atoms with Crippen LogP contribution in [0.1, 0.15) is 72.4 Å². The number of amides is 1. The third kappa shape index (κ3) is 4.80. The van der Waals surface area contributed by atoms with Gasteiger partial charge in [0, 0.05) is 24.6 Å². The second-order valence-electron chi connectivity index (χ2n) is 10.8. The molecule has 1 aliphatic rings. The first-order valence-corrected chi connectivity index (χ1v) is 12.5. The van der Waals surface area contributed by atoms with Gasteiger partial charge in [-0.15, -0.1) is 5.10 Å². The maximum absolute atomic E-state index is 13.1. The van der Waals surface area contributed by atoms with Gasteiger partial charge in [-0.2, -0.15) is 0 Å². The van der Waals surface area contributed by atoms with E-state index >= 15 is 0 Å². The van der Waals surface area contributed by atoms with E-state index in [1.54, 1.807) is 4.68 Å². The topological polar surface area (TPSA) is 96.8 Å². The summed E-state index contributed by atoms with van der Waals surface area (Å²) < 4.78 is 1.68. The summed E-state index contributed by atoms with van der Waals surface area (Å²) in [6, 6.07) is 16.1. The number of fused-ring (bicyclic) bond motifs is 1. The van der Waals surface area contributed by atoms with Crippen LogP contribution in [0.4, 0.5) is 0 Å². The Hall–Kier alpha value is -3.81. The predicted molar refractivity (Wildman–Crippen MR) is 139 cm³/mol. The number of H-pyrrole nitrogens is 1. The third-order valence-electron chi connectivity index (χ3n) is 6.90. The number of piperidine rings is 1.